The zero-order valence-electron chi connectivity index (χ0n) is 10.6. The van der Waals surface area contributed by atoms with Crippen molar-refractivity contribution in [2.45, 2.75) is 0 Å². The molecule has 0 fully saturated rings. The summed E-state index contributed by atoms with van der Waals surface area (Å²) in [5, 5.41) is 9.14. The first kappa shape index (κ1) is 14.4. The summed E-state index contributed by atoms with van der Waals surface area (Å²) >= 11 is 3.20. The van der Waals surface area contributed by atoms with E-state index < -0.39 is 5.97 Å². The molecule has 0 saturated carbocycles. The van der Waals surface area contributed by atoms with Crippen molar-refractivity contribution in [3.05, 3.63) is 58.6 Å². The maximum absolute atomic E-state index is 11.2. The molecule has 0 unspecified atom stereocenters. The zero-order valence-corrected chi connectivity index (χ0v) is 12.2. The molecule has 0 aliphatic carbocycles. The second-order valence-corrected chi connectivity index (χ2v) is 4.78. The van der Waals surface area contributed by atoms with Crippen molar-refractivity contribution in [1.82, 2.24) is 0 Å². The van der Waals surface area contributed by atoms with Crippen LogP contribution in [0.2, 0.25) is 0 Å². The molecule has 104 valence electrons. The summed E-state index contributed by atoms with van der Waals surface area (Å²) in [6.07, 6.45) is 0. The van der Waals surface area contributed by atoms with Crippen LogP contribution in [0.1, 0.15) is 10.4 Å². The van der Waals surface area contributed by atoms with Gasteiger partial charge in [0.25, 0.3) is 0 Å². The fourth-order valence-electron chi connectivity index (χ4n) is 1.66. The van der Waals surface area contributed by atoms with Crippen molar-refractivity contribution in [2.75, 3.05) is 13.2 Å². The van der Waals surface area contributed by atoms with E-state index in [1.807, 2.05) is 30.3 Å². The number of hydrogen-bond donors (Lipinski definition) is 1. The number of benzene rings is 2. The molecule has 0 amide bonds. The van der Waals surface area contributed by atoms with Crippen LogP contribution < -0.4 is 9.47 Å². The lowest BCUT2D eigenvalue weighted by atomic mass is 10.2. The molecule has 1 N–H and O–H groups in total. The normalized spacial score (nSPS) is 10.1. The molecule has 0 aliphatic rings. The summed E-state index contributed by atoms with van der Waals surface area (Å²) in [6, 6.07) is 14.4. The third-order valence-corrected chi connectivity index (χ3v) is 3.20. The summed E-state index contributed by atoms with van der Waals surface area (Å²) in [4.78, 5) is 11.2. The highest BCUT2D eigenvalue weighted by Gasteiger charge is 2.14. The van der Waals surface area contributed by atoms with E-state index >= 15 is 0 Å². The molecule has 0 atom stereocenters. The molecule has 0 radical (unpaired) electrons. The zero-order chi connectivity index (χ0) is 14.4. The van der Waals surface area contributed by atoms with Crippen LogP contribution >= 0.6 is 15.9 Å². The largest absolute Gasteiger partial charge is 0.490 e. The minimum atomic E-state index is -1.03. The van der Waals surface area contributed by atoms with Gasteiger partial charge in [-0.15, -0.1) is 0 Å². The Labute approximate surface area is 125 Å². The molecular weight excluding hydrogens is 324 g/mol. The van der Waals surface area contributed by atoms with Gasteiger partial charge in [-0.2, -0.15) is 0 Å². The Balaban J connectivity index is 1.92. The van der Waals surface area contributed by atoms with Gasteiger partial charge in [0.05, 0.1) is 0 Å². The highest BCUT2D eigenvalue weighted by atomic mass is 79.9. The van der Waals surface area contributed by atoms with Gasteiger partial charge in [-0.05, 0) is 40.2 Å². The lowest BCUT2D eigenvalue weighted by molar-refractivity contribution is 0.0690. The molecule has 2 aromatic carbocycles. The second kappa shape index (κ2) is 6.96. The number of hydrogen-bond acceptors (Lipinski definition) is 3. The van der Waals surface area contributed by atoms with E-state index in [9.17, 15) is 4.79 Å². The van der Waals surface area contributed by atoms with Crippen LogP contribution in [-0.4, -0.2) is 24.3 Å². The molecule has 4 nitrogen and oxygen atoms in total. The minimum Gasteiger partial charge on any atom is -0.490 e. The summed E-state index contributed by atoms with van der Waals surface area (Å²) in [7, 11) is 0. The van der Waals surface area contributed by atoms with Crippen LogP contribution in [-0.2, 0) is 0 Å². The Bertz CT molecular complexity index is 584. The molecule has 20 heavy (non-hydrogen) atoms. The predicted octanol–water partition coefficient (Wildman–Crippen LogP) is 3.61. The molecule has 2 rings (SSSR count). The maximum Gasteiger partial charge on any atom is 0.340 e. The first-order chi connectivity index (χ1) is 9.68. The van der Waals surface area contributed by atoms with E-state index in [1.165, 1.54) is 0 Å². The third kappa shape index (κ3) is 3.74. The van der Waals surface area contributed by atoms with Gasteiger partial charge in [-0.25, -0.2) is 4.79 Å². The first-order valence-corrected chi connectivity index (χ1v) is 6.80. The molecule has 0 aliphatic heterocycles. The van der Waals surface area contributed by atoms with Gasteiger partial charge in [0.2, 0.25) is 0 Å². The number of carbonyl (C=O) groups is 1. The van der Waals surface area contributed by atoms with Gasteiger partial charge in [0.1, 0.15) is 30.3 Å². The molecule has 0 aromatic heterocycles. The van der Waals surface area contributed by atoms with Crippen LogP contribution in [0.4, 0.5) is 0 Å². The van der Waals surface area contributed by atoms with Crippen molar-refractivity contribution >= 4 is 21.9 Å². The lowest BCUT2D eigenvalue weighted by Crippen LogP contribution is -2.11. The summed E-state index contributed by atoms with van der Waals surface area (Å²) in [5.74, 6) is 0.0452. The average Bonchev–Trinajstić information content (AvgIpc) is 2.44. The number of carboxylic acids is 1. The van der Waals surface area contributed by atoms with Crippen LogP contribution in [0.5, 0.6) is 11.5 Å². The highest BCUT2D eigenvalue weighted by molar-refractivity contribution is 9.10. The quantitative estimate of drug-likeness (QED) is 0.819. The number of halogens is 1. The van der Waals surface area contributed by atoms with Gasteiger partial charge in [-0.3, -0.25) is 0 Å². The maximum atomic E-state index is 11.2. The molecular formula is C15H13BrO4. The lowest BCUT2D eigenvalue weighted by Gasteiger charge is -2.11. The highest BCUT2D eigenvalue weighted by Crippen LogP contribution is 2.26. The van der Waals surface area contributed by atoms with Crippen LogP contribution in [0.25, 0.3) is 0 Å². The van der Waals surface area contributed by atoms with Crippen molar-refractivity contribution in [3.8, 4) is 11.5 Å². The fourth-order valence-corrected chi connectivity index (χ4v) is 2.18. The molecule has 0 spiro atoms. The van der Waals surface area contributed by atoms with Crippen LogP contribution in [0.15, 0.2) is 53.0 Å². The Morgan fingerprint density at radius 3 is 2.40 bits per heavy atom. The minimum absolute atomic E-state index is 0.118. The van der Waals surface area contributed by atoms with E-state index in [1.54, 1.807) is 18.2 Å². The molecule has 5 heteroatoms. The average molecular weight is 337 g/mol. The van der Waals surface area contributed by atoms with Crippen LogP contribution in [0, 0.1) is 0 Å². The monoisotopic (exact) mass is 336 g/mol. The number of ether oxygens (including phenoxy) is 2. The summed E-state index contributed by atoms with van der Waals surface area (Å²) in [5.41, 5.74) is 0.118. The van der Waals surface area contributed by atoms with E-state index in [4.69, 9.17) is 14.6 Å². The van der Waals surface area contributed by atoms with Gasteiger partial charge < -0.3 is 14.6 Å². The Morgan fingerprint density at radius 2 is 1.70 bits per heavy atom. The van der Waals surface area contributed by atoms with Gasteiger partial charge >= 0.3 is 5.97 Å². The molecule has 0 bridgehead atoms. The van der Waals surface area contributed by atoms with Crippen molar-refractivity contribution in [2.24, 2.45) is 0 Å². The fraction of sp³-hybridized carbons (Fsp3) is 0.133. The van der Waals surface area contributed by atoms with Gasteiger partial charge in [0, 0.05) is 4.47 Å². The first-order valence-electron chi connectivity index (χ1n) is 6.01. The van der Waals surface area contributed by atoms with E-state index in [0.717, 1.165) is 5.75 Å². The van der Waals surface area contributed by atoms with Crippen LogP contribution in [0.3, 0.4) is 0 Å². The smallest absolute Gasteiger partial charge is 0.340 e. The van der Waals surface area contributed by atoms with Crippen molar-refractivity contribution < 1.29 is 19.4 Å². The SMILES string of the molecule is O=C(O)c1c(Br)cccc1OCCOc1ccccc1. The second-order valence-electron chi connectivity index (χ2n) is 3.93. The number of carboxylic acid groups (broad SMARTS) is 1. The Kier molecular flexibility index (Phi) is 5.01. The Hall–Kier alpha value is -2.01. The molecule has 0 heterocycles. The predicted molar refractivity (Wildman–Crippen MR) is 78.5 cm³/mol. The van der Waals surface area contributed by atoms with Gasteiger partial charge in [-0.1, -0.05) is 24.3 Å². The summed E-state index contributed by atoms with van der Waals surface area (Å²) < 4.78 is 11.4. The molecule has 0 saturated heterocycles. The Morgan fingerprint density at radius 1 is 1.00 bits per heavy atom. The van der Waals surface area contributed by atoms with Crippen molar-refractivity contribution in [1.29, 1.82) is 0 Å². The van der Waals surface area contributed by atoms with Crippen molar-refractivity contribution in [3.63, 3.8) is 0 Å². The summed E-state index contributed by atoms with van der Waals surface area (Å²) in [6.45, 7) is 0.612. The molecule has 2 aromatic rings. The van der Waals surface area contributed by atoms with E-state index in [0.29, 0.717) is 16.8 Å². The van der Waals surface area contributed by atoms with Gasteiger partial charge in [0.15, 0.2) is 0 Å². The number of para-hydroxylation sites is 1. The number of aromatic carboxylic acids is 1. The standard InChI is InChI=1S/C15H13BrO4/c16-12-7-4-8-13(14(12)15(17)18)20-10-9-19-11-5-2-1-3-6-11/h1-8H,9-10H2,(H,17,18). The third-order valence-electron chi connectivity index (χ3n) is 2.54. The van der Waals surface area contributed by atoms with E-state index in [-0.39, 0.29) is 12.2 Å². The topological polar surface area (TPSA) is 55.8 Å². The number of rotatable bonds is 6. The van der Waals surface area contributed by atoms with E-state index in [2.05, 4.69) is 15.9 Å².